The fourth-order valence-electron chi connectivity index (χ4n) is 2.55. The number of carboxylic acid groups (broad SMARTS) is 1. The summed E-state index contributed by atoms with van der Waals surface area (Å²) in [6.07, 6.45) is 2.25. The Kier molecular flexibility index (Phi) is 5.39. The molecule has 0 unspecified atom stereocenters. The molecule has 1 N–H and O–H groups in total. The van der Waals surface area contributed by atoms with Crippen LogP contribution in [0.1, 0.15) is 24.8 Å². The van der Waals surface area contributed by atoms with Crippen molar-refractivity contribution in [3.63, 3.8) is 0 Å². The minimum atomic E-state index is -0.742. The third-order valence-electron chi connectivity index (χ3n) is 3.73. The first kappa shape index (κ1) is 15.3. The van der Waals surface area contributed by atoms with Crippen LogP contribution in [-0.2, 0) is 16.0 Å². The monoisotopic (exact) mass is 387 g/mol. The van der Waals surface area contributed by atoms with Gasteiger partial charge in [-0.2, -0.15) is 0 Å². The summed E-state index contributed by atoms with van der Waals surface area (Å²) in [5.74, 6) is -0.384. The Morgan fingerprint density at radius 1 is 1.25 bits per heavy atom. The van der Waals surface area contributed by atoms with Crippen molar-refractivity contribution in [3.05, 3.63) is 33.4 Å². The largest absolute Gasteiger partial charge is 0.481 e. The number of carbonyl (C=O) groups excluding carboxylic acids is 1. The topological polar surface area (TPSA) is 57.6 Å². The highest BCUT2D eigenvalue weighted by Crippen LogP contribution is 2.21. The number of hydrogen-bond donors (Lipinski definition) is 1. The quantitative estimate of drug-likeness (QED) is 0.808. The molecule has 0 radical (unpaired) electrons. The lowest BCUT2D eigenvalue weighted by atomic mass is 9.93. The number of benzene rings is 1. The average molecular weight is 387 g/mol. The minimum absolute atomic E-state index is 0.142. The summed E-state index contributed by atoms with van der Waals surface area (Å²) in [5.41, 5.74) is 1.06. The molecule has 1 amide bonds. The van der Waals surface area contributed by atoms with Gasteiger partial charge in [-0.05, 0) is 53.0 Å². The van der Waals surface area contributed by atoms with E-state index in [9.17, 15) is 9.59 Å². The molecule has 1 aromatic carbocycles. The zero-order valence-corrected chi connectivity index (χ0v) is 13.4. The first-order valence-electron chi connectivity index (χ1n) is 6.79. The summed E-state index contributed by atoms with van der Waals surface area (Å²) < 4.78 is 1.11. The van der Waals surface area contributed by atoms with Gasteiger partial charge in [-0.1, -0.05) is 18.2 Å². The molecule has 20 heavy (non-hydrogen) atoms. The summed E-state index contributed by atoms with van der Waals surface area (Å²) in [6, 6.07) is 7.90. The van der Waals surface area contributed by atoms with Crippen molar-refractivity contribution >= 4 is 34.5 Å². The van der Waals surface area contributed by atoms with Crippen LogP contribution in [0.2, 0.25) is 0 Å². The molecule has 0 spiro atoms. The number of carbonyl (C=O) groups is 2. The van der Waals surface area contributed by atoms with Crippen LogP contribution in [0.4, 0.5) is 0 Å². The number of hydrogen-bond acceptors (Lipinski definition) is 2. The SMILES string of the molecule is O=C(O)CC1CCN(C(=O)Cc2ccccc2I)CC1. The van der Waals surface area contributed by atoms with E-state index in [2.05, 4.69) is 22.6 Å². The first-order valence-corrected chi connectivity index (χ1v) is 7.87. The Morgan fingerprint density at radius 2 is 1.90 bits per heavy atom. The molecule has 1 aliphatic heterocycles. The Hall–Kier alpha value is -1.11. The van der Waals surface area contributed by atoms with E-state index >= 15 is 0 Å². The van der Waals surface area contributed by atoms with E-state index in [1.165, 1.54) is 0 Å². The van der Waals surface area contributed by atoms with Crippen molar-refractivity contribution in [1.82, 2.24) is 4.90 Å². The molecular weight excluding hydrogens is 369 g/mol. The van der Waals surface area contributed by atoms with Gasteiger partial charge in [0.05, 0.1) is 6.42 Å². The number of rotatable bonds is 4. The van der Waals surface area contributed by atoms with E-state index in [0.717, 1.165) is 22.0 Å². The van der Waals surface area contributed by atoms with Crippen LogP contribution in [-0.4, -0.2) is 35.0 Å². The number of aliphatic carboxylic acids is 1. The second kappa shape index (κ2) is 7.06. The number of nitrogens with zero attached hydrogens (tertiary/aromatic N) is 1. The van der Waals surface area contributed by atoms with E-state index in [0.29, 0.717) is 19.5 Å². The third-order valence-corrected chi connectivity index (χ3v) is 4.78. The molecule has 1 heterocycles. The van der Waals surface area contributed by atoms with Crippen LogP contribution in [0.25, 0.3) is 0 Å². The predicted octanol–water partition coefficient (Wildman–Crippen LogP) is 2.55. The van der Waals surface area contributed by atoms with Crippen LogP contribution < -0.4 is 0 Å². The maximum atomic E-state index is 12.3. The lowest BCUT2D eigenvalue weighted by Gasteiger charge is -2.31. The Labute approximate surface area is 132 Å². The van der Waals surface area contributed by atoms with Crippen LogP contribution >= 0.6 is 22.6 Å². The number of carboxylic acids is 1. The second-order valence-corrected chi connectivity index (χ2v) is 6.35. The second-order valence-electron chi connectivity index (χ2n) is 5.19. The van der Waals surface area contributed by atoms with Crippen molar-refractivity contribution < 1.29 is 14.7 Å². The fourth-order valence-corrected chi connectivity index (χ4v) is 3.13. The Balaban J connectivity index is 1.86. The average Bonchev–Trinajstić information content (AvgIpc) is 2.41. The summed E-state index contributed by atoms with van der Waals surface area (Å²) in [6.45, 7) is 1.36. The highest BCUT2D eigenvalue weighted by Gasteiger charge is 2.24. The Bertz CT molecular complexity index is 496. The minimum Gasteiger partial charge on any atom is -0.481 e. The maximum Gasteiger partial charge on any atom is 0.303 e. The molecule has 2 rings (SSSR count). The smallest absolute Gasteiger partial charge is 0.303 e. The predicted molar refractivity (Wildman–Crippen MR) is 84.4 cm³/mol. The van der Waals surface area contributed by atoms with Crippen LogP contribution in [0.15, 0.2) is 24.3 Å². The molecule has 0 aliphatic carbocycles. The van der Waals surface area contributed by atoms with Crippen LogP contribution in [0, 0.1) is 9.49 Å². The van der Waals surface area contributed by atoms with Crippen molar-refractivity contribution in [2.45, 2.75) is 25.7 Å². The normalized spacial score (nSPS) is 16.1. The Morgan fingerprint density at radius 3 is 2.50 bits per heavy atom. The van der Waals surface area contributed by atoms with Gasteiger partial charge in [0.2, 0.25) is 5.91 Å². The van der Waals surface area contributed by atoms with Crippen LogP contribution in [0.5, 0.6) is 0 Å². The van der Waals surface area contributed by atoms with E-state index in [-0.39, 0.29) is 18.2 Å². The molecule has 0 bridgehead atoms. The zero-order chi connectivity index (χ0) is 14.5. The lowest BCUT2D eigenvalue weighted by Crippen LogP contribution is -2.39. The van der Waals surface area contributed by atoms with E-state index < -0.39 is 5.97 Å². The van der Waals surface area contributed by atoms with Gasteiger partial charge < -0.3 is 10.0 Å². The number of amides is 1. The van der Waals surface area contributed by atoms with Gasteiger partial charge in [0.15, 0.2) is 0 Å². The van der Waals surface area contributed by atoms with Gasteiger partial charge in [-0.15, -0.1) is 0 Å². The molecule has 0 atom stereocenters. The maximum absolute atomic E-state index is 12.3. The molecule has 5 heteroatoms. The summed E-state index contributed by atoms with van der Waals surface area (Å²) in [4.78, 5) is 24.8. The van der Waals surface area contributed by atoms with E-state index in [1.54, 1.807) is 0 Å². The zero-order valence-electron chi connectivity index (χ0n) is 11.2. The molecular formula is C15H18INO3. The van der Waals surface area contributed by atoms with Crippen molar-refractivity contribution in [2.24, 2.45) is 5.92 Å². The number of piperidine rings is 1. The summed E-state index contributed by atoms with van der Waals surface area (Å²) >= 11 is 2.25. The van der Waals surface area contributed by atoms with Crippen molar-refractivity contribution in [1.29, 1.82) is 0 Å². The van der Waals surface area contributed by atoms with Gasteiger partial charge in [-0.25, -0.2) is 0 Å². The van der Waals surface area contributed by atoms with E-state index in [1.807, 2.05) is 29.2 Å². The molecule has 0 saturated carbocycles. The molecule has 0 aromatic heterocycles. The molecule has 108 valence electrons. The fraction of sp³-hybridized carbons (Fsp3) is 0.467. The van der Waals surface area contributed by atoms with Crippen LogP contribution in [0.3, 0.4) is 0 Å². The molecule has 1 saturated heterocycles. The van der Waals surface area contributed by atoms with Crippen molar-refractivity contribution in [3.8, 4) is 0 Å². The molecule has 4 nitrogen and oxygen atoms in total. The molecule has 1 aromatic rings. The standard InChI is InChI=1S/C15H18INO3/c16-13-4-2-1-3-12(13)10-14(18)17-7-5-11(6-8-17)9-15(19)20/h1-4,11H,5-10H2,(H,19,20). The van der Waals surface area contributed by atoms with Gasteiger partial charge in [0.1, 0.15) is 0 Å². The van der Waals surface area contributed by atoms with Gasteiger partial charge in [-0.3, -0.25) is 9.59 Å². The summed E-state index contributed by atoms with van der Waals surface area (Å²) in [7, 11) is 0. The highest BCUT2D eigenvalue weighted by molar-refractivity contribution is 14.1. The highest BCUT2D eigenvalue weighted by atomic mass is 127. The number of likely N-dealkylation sites (tertiary alicyclic amines) is 1. The van der Waals surface area contributed by atoms with E-state index in [4.69, 9.17) is 5.11 Å². The van der Waals surface area contributed by atoms with Gasteiger partial charge in [0.25, 0.3) is 0 Å². The number of halogens is 1. The first-order chi connectivity index (χ1) is 9.56. The van der Waals surface area contributed by atoms with Gasteiger partial charge in [0, 0.05) is 23.1 Å². The molecule has 1 aliphatic rings. The lowest BCUT2D eigenvalue weighted by molar-refractivity contribution is -0.138. The van der Waals surface area contributed by atoms with Gasteiger partial charge >= 0.3 is 5.97 Å². The van der Waals surface area contributed by atoms with Crippen molar-refractivity contribution in [2.75, 3.05) is 13.1 Å². The summed E-state index contributed by atoms with van der Waals surface area (Å²) in [5, 5.41) is 8.78. The molecule has 1 fully saturated rings. The third kappa shape index (κ3) is 4.19.